The van der Waals surface area contributed by atoms with Crippen LogP contribution in [0.5, 0.6) is 0 Å². The Hall–Kier alpha value is -1.55. The van der Waals surface area contributed by atoms with Crippen LogP contribution in [0, 0.1) is 0 Å². The smallest absolute Gasteiger partial charge is 0.0938 e. The molecule has 0 atom stereocenters. The molecular weight excluding hydrogens is 142 g/mol. The van der Waals surface area contributed by atoms with Gasteiger partial charge in [0.05, 0.1) is 11.6 Å². The highest BCUT2D eigenvalue weighted by molar-refractivity contribution is 5.20. The van der Waals surface area contributed by atoms with Crippen LogP contribution in [0.25, 0.3) is 6.20 Å². The highest BCUT2D eigenvalue weighted by atomic mass is 16.5. The molecule has 1 aromatic rings. The summed E-state index contributed by atoms with van der Waals surface area (Å²) in [5.41, 5.74) is 2.40. The van der Waals surface area contributed by atoms with E-state index in [9.17, 15) is 0 Å². The van der Waals surface area contributed by atoms with Crippen molar-refractivity contribution in [3.8, 4) is 0 Å². The van der Waals surface area contributed by atoms with Crippen molar-refractivity contribution in [2.75, 3.05) is 0 Å². The Morgan fingerprint density at radius 1 is 1.36 bits per heavy atom. The molecule has 1 heterocycles. The quantitative estimate of drug-likeness (QED) is 0.506. The van der Waals surface area contributed by atoms with Crippen LogP contribution in [0.2, 0.25) is 0 Å². The van der Waals surface area contributed by atoms with Gasteiger partial charge in [-0.3, -0.25) is 5.21 Å². The van der Waals surface area contributed by atoms with Crippen molar-refractivity contribution in [2.24, 2.45) is 5.10 Å². The molecule has 11 heavy (non-hydrogen) atoms. The SMILES string of the molecule is ON1C=c2ccccc2=NN1. The number of hydrazine groups is 1. The number of hydrogen-bond acceptors (Lipinski definition) is 4. The summed E-state index contributed by atoms with van der Waals surface area (Å²) in [7, 11) is 0. The largest absolute Gasteiger partial charge is 0.268 e. The van der Waals surface area contributed by atoms with Crippen molar-refractivity contribution < 1.29 is 5.21 Å². The topological polar surface area (TPSA) is 47.9 Å². The predicted octanol–water partition coefficient (Wildman–Crippen LogP) is -0.831. The summed E-state index contributed by atoms with van der Waals surface area (Å²) in [5.74, 6) is 0. The second-order valence-electron chi connectivity index (χ2n) is 2.24. The van der Waals surface area contributed by atoms with Gasteiger partial charge in [-0.2, -0.15) is 15.8 Å². The fourth-order valence-electron chi connectivity index (χ4n) is 0.964. The van der Waals surface area contributed by atoms with Gasteiger partial charge in [-0.25, -0.2) is 0 Å². The number of nitrogens with one attached hydrogen (secondary N) is 1. The van der Waals surface area contributed by atoms with Crippen molar-refractivity contribution in [3.05, 3.63) is 34.8 Å². The maximum Gasteiger partial charge on any atom is 0.0938 e. The van der Waals surface area contributed by atoms with Crippen LogP contribution < -0.4 is 16.1 Å². The van der Waals surface area contributed by atoms with Crippen LogP contribution >= 0.6 is 0 Å². The number of fused-ring (bicyclic) bond motifs is 1. The fraction of sp³-hybridized carbons (Fsp3) is 0. The Labute approximate surface area is 63.0 Å². The van der Waals surface area contributed by atoms with Crippen LogP contribution in [0.4, 0.5) is 0 Å². The monoisotopic (exact) mass is 149 g/mol. The number of nitrogens with zero attached hydrogens (tertiary/aromatic N) is 2. The van der Waals surface area contributed by atoms with Gasteiger partial charge in [-0.1, -0.05) is 18.2 Å². The Morgan fingerprint density at radius 3 is 3.09 bits per heavy atom. The Balaban J connectivity index is 2.73. The zero-order valence-corrected chi connectivity index (χ0v) is 5.73. The lowest BCUT2D eigenvalue weighted by molar-refractivity contribution is -0.0715. The Morgan fingerprint density at radius 2 is 2.18 bits per heavy atom. The van der Waals surface area contributed by atoms with Gasteiger partial charge in [0, 0.05) is 5.22 Å². The lowest BCUT2D eigenvalue weighted by atomic mass is 10.3. The molecule has 0 fully saturated rings. The summed E-state index contributed by atoms with van der Waals surface area (Å²) in [4.78, 5) is 0. The number of para-hydroxylation sites is 1. The maximum absolute atomic E-state index is 8.93. The predicted molar refractivity (Wildman–Crippen MR) is 38.4 cm³/mol. The van der Waals surface area contributed by atoms with E-state index in [1.807, 2.05) is 24.3 Å². The van der Waals surface area contributed by atoms with Gasteiger partial charge >= 0.3 is 0 Å². The number of benzene rings is 1. The summed E-state index contributed by atoms with van der Waals surface area (Å²) >= 11 is 0. The molecule has 56 valence electrons. The molecule has 0 aromatic heterocycles. The molecule has 0 amide bonds. The van der Waals surface area contributed by atoms with Gasteiger partial charge in [0.1, 0.15) is 0 Å². The van der Waals surface area contributed by atoms with Crippen molar-refractivity contribution in [3.63, 3.8) is 0 Å². The number of hydroxylamine groups is 1. The van der Waals surface area contributed by atoms with Crippen LogP contribution in [-0.2, 0) is 0 Å². The second-order valence-corrected chi connectivity index (χ2v) is 2.24. The second kappa shape index (κ2) is 2.25. The Bertz CT molecular complexity index is 374. The van der Waals surface area contributed by atoms with Crippen LogP contribution in [0.15, 0.2) is 29.4 Å². The van der Waals surface area contributed by atoms with E-state index in [-0.39, 0.29) is 0 Å². The molecule has 4 nitrogen and oxygen atoms in total. The zero-order valence-electron chi connectivity index (χ0n) is 5.73. The number of rotatable bonds is 0. The summed E-state index contributed by atoms with van der Waals surface area (Å²) in [5, 5.41) is 15.3. The molecule has 0 unspecified atom stereocenters. The van der Waals surface area contributed by atoms with E-state index in [2.05, 4.69) is 10.6 Å². The van der Waals surface area contributed by atoms with Gasteiger partial charge in [-0.05, 0) is 6.07 Å². The third-order valence-electron chi connectivity index (χ3n) is 1.47. The molecular formula is C7H7N3O. The lowest BCUT2D eigenvalue weighted by Crippen LogP contribution is -2.40. The van der Waals surface area contributed by atoms with Gasteiger partial charge in [-0.15, -0.1) is 0 Å². The molecule has 0 radical (unpaired) electrons. The van der Waals surface area contributed by atoms with Crippen LogP contribution in [0.3, 0.4) is 0 Å². The van der Waals surface area contributed by atoms with E-state index < -0.39 is 0 Å². The van der Waals surface area contributed by atoms with E-state index in [0.29, 0.717) is 0 Å². The minimum atomic E-state index is 0.822. The first-order chi connectivity index (χ1) is 5.36. The molecule has 0 saturated heterocycles. The third kappa shape index (κ3) is 1.03. The first-order valence-corrected chi connectivity index (χ1v) is 3.25. The summed E-state index contributed by atoms with van der Waals surface area (Å²) in [6, 6.07) is 7.53. The molecule has 1 aliphatic rings. The van der Waals surface area contributed by atoms with Crippen molar-refractivity contribution in [2.45, 2.75) is 0 Å². The van der Waals surface area contributed by atoms with Gasteiger partial charge < -0.3 is 0 Å². The average Bonchev–Trinajstić information content (AvgIpc) is 2.04. The molecule has 1 aliphatic heterocycles. The van der Waals surface area contributed by atoms with E-state index in [0.717, 1.165) is 15.7 Å². The molecule has 2 N–H and O–H groups in total. The molecule has 2 rings (SSSR count). The molecule has 4 heteroatoms. The molecule has 0 spiro atoms. The van der Waals surface area contributed by atoms with E-state index in [1.165, 1.54) is 0 Å². The average molecular weight is 149 g/mol. The van der Waals surface area contributed by atoms with Crippen LogP contribution in [-0.4, -0.2) is 10.4 Å². The Kier molecular flexibility index (Phi) is 1.26. The summed E-state index contributed by atoms with van der Waals surface area (Å²) in [6.07, 6.45) is 1.56. The van der Waals surface area contributed by atoms with Crippen molar-refractivity contribution in [1.82, 2.24) is 10.7 Å². The number of hydrogen-bond donors (Lipinski definition) is 2. The maximum atomic E-state index is 8.93. The van der Waals surface area contributed by atoms with E-state index >= 15 is 0 Å². The van der Waals surface area contributed by atoms with Crippen molar-refractivity contribution in [1.29, 1.82) is 0 Å². The molecule has 0 aliphatic carbocycles. The highest BCUT2D eigenvalue weighted by Crippen LogP contribution is 1.79. The minimum absolute atomic E-state index is 0.822. The zero-order chi connectivity index (χ0) is 7.68. The van der Waals surface area contributed by atoms with E-state index in [4.69, 9.17) is 5.21 Å². The third-order valence-corrected chi connectivity index (χ3v) is 1.47. The highest BCUT2D eigenvalue weighted by Gasteiger charge is 1.95. The molecule has 0 saturated carbocycles. The van der Waals surface area contributed by atoms with Gasteiger partial charge in [0.15, 0.2) is 0 Å². The van der Waals surface area contributed by atoms with Gasteiger partial charge in [0.2, 0.25) is 0 Å². The summed E-state index contributed by atoms with van der Waals surface area (Å²) in [6.45, 7) is 0. The summed E-state index contributed by atoms with van der Waals surface area (Å²) < 4.78 is 0. The van der Waals surface area contributed by atoms with Crippen LogP contribution in [0.1, 0.15) is 0 Å². The first-order valence-electron chi connectivity index (χ1n) is 3.25. The molecule has 0 bridgehead atoms. The standard InChI is InChI=1S/C7H7N3O/c11-10-5-6-3-1-2-4-7(6)8-9-10/h1-5,9,11H. The molecule has 1 aromatic carbocycles. The van der Waals surface area contributed by atoms with Crippen molar-refractivity contribution >= 4 is 6.20 Å². The minimum Gasteiger partial charge on any atom is -0.268 e. The fourth-order valence-corrected chi connectivity index (χ4v) is 0.964. The van der Waals surface area contributed by atoms with Gasteiger partial charge in [0.25, 0.3) is 0 Å². The lowest BCUT2D eigenvalue weighted by Gasteiger charge is -2.12. The van der Waals surface area contributed by atoms with E-state index in [1.54, 1.807) is 6.20 Å². The first kappa shape index (κ1) is 6.18. The normalized spacial score (nSPS) is 14.1.